The number of imide groups is 1. The van der Waals surface area contributed by atoms with Gasteiger partial charge >= 0.3 is 6.03 Å². The highest BCUT2D eigenvalue weighted by Gasteiger charge is 2.01. The minimum absolute atomic E-state index is 0.777. The molecule has 6 heteroatoms. The molecule has 0 rings (SSSR count). The van der Waals surface area contributed by atoms with E-state index in [1.807, 2.05) is 0 Å². The van der Waals surface area contributed by atoms with Crippen molar-refractivity contribution in [3.05, 3.63) is 0 Å². The van der Waals surface area contributed by atoms with Gasteiger partial charge in [-0.2, -0.15) is 5.53 Å². The topological polar surface area (TPSA) is 103 Å². The molecule has 3 amide bonds. The average Bonchev–Trinajstić information content (AvgIpc) is 1.87. The summed E-state index contributed by atoms with van der Waals surface area (Å²) in [7, 11) is 0. The van der Waals surface area contributed by atoms with Crippen LogP contribution >= 0.6 is 0 Å². The lowest BCUT2D eigenvalue weighted by Crippen LogP contribution is -2.29. The minimum Gasteiger partial charge on any atom is -0.387 e. The Kier molecular flexibility index (Phi) is 3.14. The zero-order chi connectivity index (χ0) is 7.28. The van der Waals surface area contributed by atoms with Gasteiger partial charge in [0.25, 0.3) is 5.91 Å². The summed E-state index contributed by atoms with van der Waals surface area (Å²) in [6, 6.07) is -1.07. The molecule has 0 aliphatic heterocycles. The molecule has 0 atom stereocenters. The maximum atomic E-state index is 10.1. The van der Waals surface area contributed by atoms with Crippen LogP contribution in [0.1, 0.15) is 0 Å². The molecule has 9 heavy (non-hydrogen) atoms. The van der Waals surface area contributed by atoms with E-state index >= 15 is 0 Å². The predicted octanol–water partition coefficient (Wildman–Crippen LogP) is -0.754. The summed E-state index contributed by atoms with van der Waals surface area (Å²) in [5.41, 5.74) is 6.06. The van der Waals surface area contributed by atoms with Crippen LogP contribution in [0.2, 0.25) is 0 Å². The van der Waals surface area contributed by atoms with E-state index in [9.17, 15) is 9.59 Å². The number of hydrogen-bond donors (Lipinski definition) is 3. The first-order chi connectivity index (χ1) is 4.20. The molecule has 0 aliphatic rings. The van der Waals surface area contributed by atoms with E-state index in [0.29, 0.717) is 0 Å². The lowest BCUT2D eigenvalue weighted by Gasteiger charge is -1.91. The zero-order valence-corrected chi connectivity index (χ0v) is 4.42. The Morgan fingerprint density at radius 3 is 2.56 bits per heavy atom. The van der Waals surface area contributed by atoms with Gasteiger partial charge in [-0.15, -0.1) is 0 Å². The van der Waals surface area contributed by atoms with Crippen molar-refractivity contribution >= 4 is 11.9 Å². The van der Waals surface area contributed by atoms with E-state index in [-0.39, 0.29) is 0 Å². The smallest absolute Gasteiger partial charge is 0.365 e. The Balaban J connectivity index is 3.59. The fourth-order valence-corrected chi connectivity index (χ4v) is 0.187. The van der Waals surface area contributed by atoms with Gasteiger partial charge < -0.3 is 5.11 Å². The highest BCUT2D eigenvalue weighted by Crippen LogP contribution is 1.70. The summed E-state index contributed by atoms with van der Waals surface area (Å²) in [6.07, 6.45) is 0. The van der Waals surface area contributed by atoms with E-state index in [4.69, 9.17) is 10.6 Å². The van der Waals surface area contributed by atoms with Crippen molar-refractivity contribution < 1.29 is 14.7 Å². The molecular weight excluding hydrogens is 126 g/mol. The predicted molar refractivity (Wildman–Crippen MR) is 25.8 cm³/mol. The van der Waals surface area contributed by atoms with E-state index in [1.165, 1.54) is 0 Å². The second-order valence-electron chi connectivity index (χ2n) is 1.12. The van der Waals surface area contributed by atoms with E-state index < -0.39 is 18.5 Å². The first-order valence-electron chi connectivity index (χ1n) is 2.03. The fraction of sp³-hybridized carbons (Fsp3) is 0.333. The largest absolute Gasteiger partial charge is 0.387 e. The van der Waals surface area contributed by atoms with Gasteiger partial charge in [-0.25, -0.2) is 4.79 Å². The molecule has 0 spiro atoms. The molecule has 0 fully saturated rings. The molecule has 0 radical (unpaired) electrons. The van der Waals surface area contributed by atoms with Gasteiger partial charge in [-0.05, 0) is 0 Å². The van der Waals surface area contributed by atoms with Crippen LogP contribution in [-0.4, -0.2) is 23.7 Å². The molecule has 0 saturated heterocycles. The van der Waals surface area contributed by atoms with Gasteiger partial charge in [-0.1, -0.05) is 5.11 Å². The van der Waals surface area contributed by atoms with E-state index in [2.05, 4.69) is 5.11 Å². The molecule has 0 heterocycles. The van der Waals surface area contributed by atoms with Crippen LogP contribution in [0, 0.1) is 5.53 Å². The Morgan fingerprint density at radius 1 is 1.67 bits per heavy atom. The molecule has 0 aromatic carbocycles. The van der Waals surface area contributed by atoms with Gasteiger partial charge in [0.2, 0.25) is 0 Å². The molecule has 0 saturated carbocycles. The van der Waals surface area contributed by atoms with Crippen LogP contribution in [-0.2, 0) is 4.79 Å². The van der Waals surface area contributed by atoms with Gasteiger partial charge in [0.05, 0.1) is 0 Å². The van der Waals surface area contributed by atoms with Gasteiger partial charge in [0.1, 0.15) is 6.61 Å². The maximum Gasteiger partial charge on any atom is 0.365 e. The van der Waals surface area contributed by atoms with Crippen LogP contribution in [0.5, 0.6) is 0 Å². The van der Waals surface area contributed by atoms with Crippen LogP contribution < -0.4 is 5.32 Å². The Labute approximate surface area is 50.4 Å². The highest BCUT2D eigenvalue weighted by atomic mass is 16.3. The summed E-state index contributed by atoms with van der Waals surface area (Å²) in [5, 5.41) is 12.0. The van der Waals surface area contributed by atoms with Crippen molar-refractivity contribution in [1.29, 1.82) is 5.53 Å². The number of aliphatic hydroxyl groups is 1. The third kappa shape index (κ3) is 3.30. The Morgan fingerprint density at radius 2 is 2.22 bits per heavy atom. The molecule has 50 valence electrons. The number of hydrogen-bond acceptors (Lipinski definition) is 4. The second-order valence-corrected chi connectivity index (χ2v) is 1.12. The number of amides is 3. The van der Waals surface area contributed by atoms with Crippen molar-refractivity contribution in [2.75, 3.05) is 6.61 Å². The summed E-state index contributed by atoms with van der Waals surface area (Å²) in [6.45, 7) is -0.777. The number of nitrogens with one attached hydrogen (secondary N) is 2. The minimum atomic E-state index is -1.07. The average molecular weight is 131 g/mol. The first-order valence-corrected chi connectivity index (χ1v) is 2.03. The van der Waals surface area contributed by atoms with Crippen molar-refractivity contribution in [1.82, 2.24) is 5.32 Å². The van der Waals surface area contributed by atoms with Crippen LogP contribution in [0.25, 0.3) is 0 Å². The van der Waals surface area contributed by atoms with E-state index in [0.717, 1.165) is 0 Å². The molecule has 0 unspecified atom stereocenters. The lowest BCUT2D eigenvalue weighted by atomic mass is 10.6. The third-order valence-electron chi connectivity index (χ3n) is 0.492. The fourth-order valence-electron chi connectivity index (χ4n) is 0.187. The molecule has 0 bridgehead atoms. The van der Waals surface area contributed by atoms with Crippen LogP contribution in [0.15, 0.2) is 5.11 Å². The quantitative estimate of drug-likeness (QED) is 0.407. The molecule has 0 aromatic heterocycles. The normalized spacial score (nSPS) is 8.11. The second kappa shape index (κ2) is 3.67. The standard InChI is InChI=1S/C3H5N3O3/c4-6-3(9)5-2(8)1-7/h4,7H,1H2,(H,5,8,9). The first kappa shape index (κ1) is 7.70. The van der Waals surface area contributed by atoms with Crippen molar-refractivity contribution in [3.8, 4) is 0 Å². The number of nitrogens with zero attached hydrogens (tertiary/aromatic N) is 1. The monoisotopic (exact) mass is 131 g/mol. The third-order valence-corrected chi connectivity index (χ3v) is 0.492. The number of urea groups is 1. The zero-order valence-electron chi connectivity index (χ0n) is 4.42. The molecule has 0 aliphatic carbocycles. The summed E-state index contributed by atoms with van der Waals surface area (Å²) < 4.78 is 0. The number of rotatable bonds is 1. The molecule has 6 nitrogen and oxygen atoms in total. The van der Waals surface area contributed by atoms with Crippen LogP contribution in [0.4, 0.5) is 4.79 Å². The van der Waals surface area contributed by atoms with Gasteiger partial charge in [0, 0.05) is 0 Å². The van der Waals surface area contributed by atoms with Crippen molar-refractivity contribution in [3.63, 3.8) is 0 Å². The molecule has 0 aromatic rings. The van der Waals surface area contributed by atoms with Gasteiger partial charge in [-0.3, -0.25) is 10.1 Å². The number of carbonyl (C=O) groups excluding carboxylic acids is 2. The lowest BCUT2D eigenvalue weighted by molar-refractivity contribution is -0.122. The van der Waals surface area contributed by atoms with Crippen LogP contribution in [0.3, 0.4) is 0 Å². The van der Waals surface area contributed by atoms with Crippen molar-refractivity contribution in [2.24, 2.45) is 5.11 Å². The maximum absolute atomic E-state index is 10.1. The summed E-state index contributed by atoms with van der Waals surface area (Å²) in [5.74, 6) is -0.865. The summed E-state index contributed by atoms with van der Waals surface area (Å²) >= 11 is 0. The Hall–Kier alpha value is -1.30. The summed E-state index contributed by atoms with van der Waals surface area (Å²) in [4.78, 5) is 20.0. The van der Waals surface area contributed by atoms with Crippen molar-refractivity contribution in [2.45, 2.75) is 0 Å². The molecule has 3 N–H and O–H groups in total. The number of carbonyl (C=O) groups is 2. The Bertz CT molecular complexity index is 143. The molecular formula is C3H5N3O3. The van der Waals surface area contributed by atoms with Gasteiger partial charge in [0.15, 0.2) is 0 Å². The highest BCUT2D eigenvalue weighted by molar-refractivity contribution is 5.94. The van der Waals surface area contributed by atoms with E-state index in [1.54, 1.807) is 5.32 Å². The SMILES string of the molecule is N=NC(=O)NC(=O)CO. The number of aliphatic hydroxyl groups excluding tert-OH is 1.